The van der Waals surface area contributed by atoms with Gasteiger partial charge in [-0.15, -0.1) is 0 Å². The summed E-state index contributed by atoms with van der Waals surface area (Å²) in [5, 5.41) is 11.2. The Kier molecular flexibility index (Phi) is 12.2. The minimum atomic E-state index is 0.0223. The first kappa shape index (κ1) is 26.4. The van der Waals surface area contributed by atoms with Gasteiger partial charge in [0, 0.05) is 23.6 Å². The Labute approximate surface area is 188 Å². The van der Waals surface area contributed by atoms with E-state index in [2.05, 4.69) is 48.3 Å². The number of aromatic nitrogens is 1. The number of unbranched alkanes of at least 4 members (excludes halogenated alkanes) is 1. The summed E-state index contributed by atoms with van der Waals surface area (Å²) in [6, 6.07) is 11.7. The molecule has 4 N–H and O–H groups in total. The summed E-state index contributed by atoms with van der Waals surface area (Å²) in [7, 11) is 2.09. The summed E-state index contributed by atoms with van der Waals surface area (Å²) in [5.74, 6) is 0.465. The van der Waals surface area contributed by atoms with Gasteiger partial charge in [0.25, 0.3) is 0 Å². The van der Waals surface area contributed by atoms with Gasteiger partial charge in [0.1, 0.15) is 6.61 Å². The third kappa shape index (κ3) is 8.18. The number of hydrogen-bond acceptors (Lipinski definition) is 4. The first-order valence-electron chi connectivity index (χ1n) is 11.5. The summed E-state index contributed by atoms with van der Waals surface area (Å²) in [4.78, 5) is 5.61. The van der Waals surface area contributed by atoms with Crippen LogP contribution in [-0.4, -0.2) is 41.7 Å². The van der Waals surface area contributed by atoms with E-state index in [1.54, 1.807) is 18.2 Å². The van der Waals surface area contributed by atoms with Crippen molar-refractivity contribution in [3.63, 3.8) is 0 Å². The molecule has 2 aromatic carbocycles. The summed E-state index contributed by atoms with van der Waals surface area (Å²) < 4.78 is 5.64. The molecule has 0 aliphatic rings. The van der Waals surface area contributed by atoms with Gasteiger partial charge in [-0.3, -0.25) is 0 Å². The van der Waals surface area contributed by atoms with Gasteiger partial charge in [-0.25, -0.2) is 0 Å². The van der Waals surface area contributed by atoms with Crippen molar-refractivity contribution in [3.05, 3.63) is 53.7 Å². The maximum Gasteiger partial charge on any atom is 0.181 e. The molecule has 1 heterocycles. The number of rotatable bonds is 9. The molecule has 5 heteroatoms. The molecular weight excluding hydrogens is 386 g/mol. The van der Waals surface area contributed by atoms with Crippen LogP contribution < -0.4 is 10.5 Å². The van der Waals surface area contributed by atoms with E-state index in [-0.39, 0.29) is 5.75 Å². The lowest BCUT2D eigenvalue weighted by atomic mass is 10.1. The minimum Gasteiger partial charge on any atom is -0.503 e. The second-order valence-corrected chi connectivity index (χ2v) is 7.17. The zero-order valence-corrected chi connectivity index (χ0v) is 20.2. The smallest absolute Gasteiger partial charge is 0.181 e. The summed E-state index contributed by atoms with van der Waals surface area (Å²) >= 11 is 0. The normalized spacial score (nSPS) is 10.3. The first-order valence-corrected chi connectivity index (χ1v) is 11.5. The number of aromatic amines is 1. The number of aryl methyl sites for hydroxylation is 2. The maximum atomic E-state index is 9.85. The van der Waals surface area contributed by atoms with Crippen LogP contribution in [0, 0.1) is 6.92 Å². The minimum absolute atomic E-state index is 0.0223. The number of nitrogens with one attached hydrogen (secondary N) is 1. The number of likely N-dealkylation sites (N-methyl/N-ethyl adjacent to an activating group) is 1. The molecule has 0 saturated carbocycles. The van der Waals surface area contributed by atoms with Crippen molar-refractivity contribution < 1.29 is 9.84 Å². The van der Waals surface area contributed by atoms with Gasteiger partial charge in [-0.1, -0.05) is 45.4 Å². The van der Waals surface area contributed by atoms with Crippen LogP contribution in [0.3, 0.4) is 0 Å². The molecule has 3 rings (SSSR count). The average molecular weight is 428 g/mol. The average Bonchev–Trinajstić information content (AvgIpc) is 3.19. The molecule has 0 saturated heterocycles. The van der Waals surface area contributed by atoms with Crippen molar-refractivity contribution in [1.82, 2.24) is 9.88 Å². The van der Waals surface area contributed by atoms with Gasteiger partial charge in [-0.2, -0.15) is 0 Å². The van der Waals surface area contributed by atoms with Crippen LogP contribution >= 0.6 is 0 Å². The van der Waals surface area contributed by atoms with Crippen LogP contribution in [0.5, 0.6) is 11.5 Å². The molecule has 0 radical (unpaired) electrons. The molecule has 3 aromatic rings. The second-order valence-electron chi connectivity index (χ2n) is 7.17. The molecule has 0 aliphatic carbocycles. The Morgan fingerprint density at radius 2 is 1.77 bits per heavy atom. The van der Waals surface area contributed by atoms with E-state index in [1.165, 1.54) is 22.0 Å². The summed E-state index contributed by atoms with van der Waals surface area (Å²) in [6.45, 7) is 12.5. The van der Waals surface area contributed by atoms with Crippen molar-refractivity contribution in [1.29, 1.82) is 0 Å². The zero-order chi connectivity index (χ0) is 23.2. The molecule has 0 spiro atoms. The number of H-pyrrole nitrogens is 1. The quantitative estimate of drug-likeness (QED) is 0.217. The largest absolute Gasteiger partial charge is 0.503 e. The fourth-order valence-electron chi connectivity index (χ4n) is 3.28. The van der Waals surface area contributed by atoms with Crippen LogP contribution in [0.4, 0.5) is 5.69 Å². The van der Waals surface area contributed by atoms with Crippen LogP contribution in [-0.2, 0) is 6.42 Å². The third-order valence-corrected chi connectivity index (χ3v) is 4.92. The number of anilines is 1. The fraction of sp³-hybridized carbons (Fsp3) is 0.462. The number of nitrogens with two attached hydrogens (primary N) is 1. The lowest BCUT2D eigenvalue weighted by Crippen LogP contribution is -2.25. The lowest BCUT2D eigenvalue weighted by Gasteiger charge is -2.17. The third-order valence-electron chi connectivity index (χ3n) is 4.92. The van der Waals surface area contributed by atoms with E-state index >= 15 is 0 Å². The highest BCUT2D eigenvalue weighted by Gasteiger charge is 2.07. The number of phenols is 1. The number of fused-ring (bicyclic) bond motifs is 1. The summed E-state index contributed by atoms with van der Waals surface area (Å²) in [5.41, 5.74) is 9.93. The highest BCUT2D eigenvalue weighted by Crippen LogP contribution is 2.31. The van der Waals surface area contributed by atoms with Crippen LogP contribution in [0.25, 0.3) is 10.9 Å². The molecular formula is C26H41N3O2. The van der Waals surface area contributed by atoms with E-state index in [0.29, 0.717) is 18.0 Å². The highest BCUT2D eigenvalue weighted by molar-refractivity contribution is 5.83. The van der Waals surface area contributed by atoms with E-state index in [9.17, 15) is 5.11 Å². The van der Waals surface area contributed by atoms with Crippen molar-refractivity contribution >= 4 is 16.6 Å². The standard InChI is InChI=1S/C22H29N3O2.2C2H6/c1-16-9-10-20-18(14-16)17(15-24-20)6-3-4-11-25(2)12-13-27-21-8-5-7-19(23)22(21)26;2*1-2/h5,7-10,14-15,24,26H,3-4,6,11-13,23H2,1-2H3;2*1-2H3. The number of phenolic OH excluding ortho intramolecular Hbond substituents is 1. The van der Waals surface area contributed by atoms with Crippen molar-refractivity contribution in [3.8, 4) is 11.5 Å². The van der Waals surface area contributed by atoms with Crippen molar-refractivity contribution in [2.24, 2.45) is 0 Å². The predicted molar refractivity (Wildman–Crippen MR) is 134 cm³/mol. The molecule has 31 heavy (non-hydrogen) atoms. The molecule has 0 bridgehead atoms. The van der Waals surface area contributed by atoms with Gasteiger partial charge in [0.15, 0.2) is 11.5 Å². The van der Waals surface area contributed by atoms with Crippen molar-refractivity contribution in [2.75, 3.05) is 32.5 Å². The molecule has 0 atom stereocenters. The van der Waals surface area contributed by atoms with E-state index in [0.717, 1.165) is 32.4 Å². The Hall–Kier alpha value is -2.66. The highest BCUT2D eigenvalue weighted by atomic mass is 16.5. The molecule has 5 nitrogen and oxygen atoms in total. The van der Waals surface area contributed by atoms with Gasteiger partial charge in [0.2, 0.25) is 0 Å². The number of nitrogens with zero attached hydrogens (tertiary/aromatic N) is 1. The molecule has 0 amide bonds. The van der Waals surface area contributed by atoms with Gasteiger partial charge >= 0.3 is 0 Å². The number of benzene rings is 2. The predicted octanol–water partition coefficient (Wildman–Crippen LogP) is 6.15. The van der Waals surface area contributed by atoms with E-state index < -0.39 is 0 Å². The Bertz CT molecular complexity index is 889. The molecule has 0 aliphatic heterocycles. The van der Waals surface area contributed by atoms with Crippen molar-refractivity contribution in [2.45, 2.75) is 53.9 Å². The Morgan fingerprint density at radius 3 is 2.52 bits per heavy atom. The van der Waals surface area contributed by atoms with Crippen LogP contribution in [0.15, 0.2) is 42.6 Å². The fourth-order valence-corrected chi connectivity index (χ4v) is 3.28. The lowest BCUT2D eigenvalue weighted by molar-refractivity contribution is 0.229. The number of ether oxygens (including phenoxy) is 1. The van der Waals surface area contributed by atoms with Gasteiger partial charge < -0.3 is 25.5 Å². The van der Waals surface area contributed by atoms with Crippen LogP contribution in [0.2, 0.25) is 0 Å². The summed E-state index contributed by atoms with van der Waals surface area (Å²) in [6.07, 6.45) is 5.52. The number of para-hydroxylation sites is 1. The SMILES string of the molecule is CC.CC.Cc1ccc2[nH]cc(CCCCN(C)CCOc3cccc(N)c3O)c2c1. The topological polar surface area (TPSA) is 74.5 Å². The first-order chi connectivity index (χ1) is 15.0. The number of nitrogen functional groups attached to an aromatic ring is 1. The van der Waals surface area contributed by atoms with Gasteiger partial charge in [-0.05, 0) is 69.6 Å². The zero-order valence-electron chi connectivity index (χ0n) is 20.2. The number of aromatic hydroxyl groups is 1. The number of hydrogen-bond donors (Lipinski definition) is 3. The Balaban J connectivity index is 0.00000113. The molecule has 1 aromatic heterocycles. The van der Waals surface area contributed by atoms with Crippen LogP contribution in [0.1, 0.15) is 51.7 Å². The molecule has 0 fully saturated rings. The monoisotopic (exact) mass is 427 g/mol. The van der Waals surface area contributed by atoms with E-state index in [1.807, 2.05) is 27.7 Å². The van der Waals surface area contributed by atoms with Gasteiger partial charge in [0.05, 0.1) is 5.69 Å². The molecule has 0 unspecified atom stereocenters. The second kappa shape index (κ2) is 14.4. The molecule has 172 valence electrons. The maximum absolute atomic E-state index is 9.85. The Morgan fingerprint density at radius 1 is 1.03 bits per heavy atom. The van der Waals surface area contributed by atoms with E-state index in [4.69, 9.17) is 10.5 Å².